The summed E-state index contributed by atoms with van der Waals surface area (Å²) in [6, 6.07) is 0. The van der Waals surface area contributed by atoms with Crippen molar-refractivity contribution in [2.75, 3.05) is 11.9 Å². The van der Waals surface area contributed by atoms with Gasteiger partial charge in [-0.25, -0.2) is 15.0 Å². The molecule has 0 saturated heterocycles. The van der Waals surface area contributed by atoms with Crippen LogP contribution in [0.1, 0.15) is 16.1 Å². The van der Waals surface area contributed by atoms with E-state index in [9.17, 15) is 4.79 Å². The molecule has 0 aliphatic heterocycles. The molecule has 5 nitrogen and oxygen atoms in total. The fourth-order valence-electron chi connectivity index (χ4n) is 1.29. The fraction of sp³-hybridized carbons (Fsp3) is 0.200. The minimum atomic E-state index is 0.158. The lowest BCUT2D eigenvalue weighted by molar-refractivity contribution is 0.112. The van der Waals surface area contributed by atoms with Crippen LogP contribution in [0.4, 0.5) is 5.82 Å². The Bertz CT molecular complexity index is 503. The number of nitrogens with one attached hydrogen (secondary N) is 1. The van der Waals surface area contributed by atoms with E-state index in [4.69, 9.17) is 11.6 Å². The molecule has 88 valence electrons. The van der Waals surface area contributed by atoms with Crippen LogP contribution in [0.2, 0.25) is 5.15 Å². The number of aromatic nitrogens is 3. The molecule has 2 aromatic rings. The zero-order valence-corrected chi connectivity index (χ0v) is 10.3. The van der Waals surface area contributed by atoms with Crippen LogP contribution >= 0.6 is 22.9 Å². The molecule has 0 aliphatic carbocycles. The summed E-state index contributed by atoms with van der Waals surface area (Å²) in [4.78, 5) is 22.7. The standard InChI is InChI=1S/C10H9ClN4OS/c11-9-8(3-16)10(14-5-13-9)12-2-1-7-4-17-6-15-7/h3-6H,1-2H2,(H,12,13,14). The molecule has 0 unspecified atom stereocenters. The van der Waals surface area contributed by atoms with Gasteiger partial charge < -0.3 is 5.32 Å². The summed E-state index contributed by atoms with van der Waals surface area (Å²) >= 11 is 7.33. The molecule has 0 bridgehead atoms. The molecule has 2 rings (SSSR count). The molecule has 0 aromatic carbocycles. The summed E-state index contributed by atoms with van der Waals surface area (Å²) in [5, 5.41) is 5.18. The van der Waals surface area contributed by atoms with Gasteiger partial charge in [0.1, 0.15) is 17.3 Å². The van der Waals surface area contributed by atoms with Gasteiger partial charge in [-0.3, -0.25) is 4.79 Å². The average molecular weight is 269 g/mol. The van der Waals surface area contributed by atoms with Crippen LogP contribution in [-0.2, 0) is 6.42 Å². The third kappa shape index (κ3) is 2.98. The molecule has 0 spiro atoms. The minimum Gasteiger partial charge on any atom is -0.369 e. The number of halogens is 1. The number of carbonyl (C=O) groups excluding carboxylic acids is 1. The molecule has 2 aromatic heterocycles. The zero-order valence-electron chi connectivity index (χ0n) is 8.76. The molecular weight excluding hydrogens is 260 g/mol. The van der Waals surface area contributed by atoms with Crippen LogP contribution in [0.3, 0.4) is 0 Å². The Kier molecular flexibility index (Phi) is 4.00. The van der Waals surface area contributed by atoms with E-state index in [1.54, 1.807) is 16.8 Å². The maximum absolute atomic E-state index is 10.8. The van der Waals surface area contributed by atoms with Crippen molar-refractivity contribution in [1.29, 1.82) is 0 Å². The van der Waals surface area contributed by atoms with Crippen molar-refractivity contribution in [1.82, 2.24) is 15.0 Å². The van der Waals surface area contributed by atoms with Crippen molar-refractivity contribution in [2.45, 2.75) is 6.42 Å². The Morgan fingerprint density at radius 1 is 1.41 bits per heavy atom. The van der Waals surface area contributed by atoms with Crippen molar-refractivity contribution in [3.63, 3.8) is 0 Å². The minimum absolute atomic E-state index is 0.158. The third-order valence-corrected chi connectivity index (χ3v) is 3.05. The maximum atomic E-state index is 10.8. The topological polar surface area (TPSA) is 67.8 Å². The molecule has 17 heavy (non-hydrogen) atoms. The summed E-state index contributed by atoms with van der Waals surface area (Å²) in [7, 11) is 0. The van der Waals surface area contributed by atoms with Gasteiger partial charge in [0.2, 0.25) is 0 Å². The number of hydrogen-bond acceptors (Lipinski definition) is 6. The predicted octanol–water partition coefficient (Wildman–Crippen LogP) is 2.05. The average Bonchev–Trinajstić information content (AvgIpc) is 2.82. The lowest BCUT2D eigenvalue weighted by Gasteiger charge is -2.06. The molecule has 1 N–H and O–H groups in total. The second-order valence-corrected chi connectivity index (χ2v) is 4.28. The van der Waals surface area contributed by atoms with Gasteiger partial charge in [-0.15, -0.1) is 11.3 Å². The molecule has 0 amide bonds. The smallest absolute Gasteiger partial charge is 0.156 e. The number of aldehydes is 1. The van der Waals surface area contributed by atoms with Gasteiger partial charge in [0.25, 0.3) is 0 Å². The molecule has 2 heterocycles. The van der Waals surface area contributed by atoms with Gasteiger partial charge in [-0.05, 0) is 0 Å². The molecule has 0 radical (unpaired) electrons. The Balaban J connectivity index is 1.99. The third-order valence-electron chi connectivity index (χ3n) is 2.11. The molecule has 0 fully saturated rings. The lowest BCUT2D eigenvalue weighted by atomic mass is 10.3. The zero-order chi connectivity index (χ0) is 12.1. The summed E-state index contributed by atoms with van der Waals surface area (Å²) in [6.07, 6.45) is 2.73. The molecular formula is C10H9ClN4OS. The van der Waals surface area contributed by atoms with Crippen LogP contribution in [0.15, 0.2) is 17.2 Å². The first-order chi connectivity index (χ1) is 8.31. The highest BCUT2D eigenvalue weighted by atomic mass is 35.5. The van der Waals surface area contributed by atoms with Crippen LogP contribution in [0, 0.1) is 0 Å². The molecule has 0 aliphatic rings. The number of hydrogen-bond donors (Lipinski definition) is 1. The second-order valence-electron chi connectivity index (χ2n) is 3.20. The van der Waals surface area contributed by atoms with E-state index < -0.39 is 0 Å². The Morgan fingerprint density at radius 3 is 3.00 bits per heavy atom. The molecule has 7 heteroatoms. The predicted molar refractivity (Wildman–Crippen MR) is 66.7 cm³/mol. The summed E-state index contributed by atoms with van der Waals surface area (Å²) < 4.78 is 0. The largest absolute Gasteiger partial charge is 0.369 e. The SMILES string of the molecule is O=Cc1c(Cl)ncnc1NCCc1cscn1. The Morgan fingerprint density at radius 2 is 2.29 bits per heavy atom. The van der Waals surface area contributed by atoms with Gasteiger partial charge >= 0.3 is 0 Å². The summed E-state index contributed by atoms with van der Waals surface area (Å²) in [6.45, 7) is 0.637. The van der Waals surface area contributed by atoms with Gasteiger partial charge in [0, 0.05) is 18.3 Å². The summed E-state index contributed by atoms with van der Waals surface area (Å²) in [5.41, 5.74) is 3.08. The molecule has 0 saturated carbocycles. The van der Waals surface area contributed by atoms with E-state index >= 15 is 0 Å². The first-order valence-electron chi connectivity index (χ1n) is 4.88. The normalized spacial score (nSPS) is 10.2. The van der Waals surface area contributed by atoms with Crippen LogP contribution in [-0.4, -0.2) is 27.8 Å². The van der Waals surface area contributed by atoms with Crippen molar-refractivity contribution in [2.24, 2.45) is 0 Å². The van der Waals surface area contributed by atoms with Crippen molar-refractivity contribution >= 4 is 35.0 Å². The number of anilines is 1. The van der Waals surface area contributed by atoms with E-state index in [1.165, 1.54) is 6.33 Å². The van der Waals surface area contributed by atoms with E-state index in [2.05, 4.69) is 20.3 Å². The van der Waals surface area contributed by atoms with Gasteiger partial charge in [-0.2, -0.15) is 0 Å². The van der Waals surface area contributed by atoms with E-state index in [0.29, 0.717) is 18.6 Å². The number of nitrogens with zero attached hydrogens (tertiary/aromatic N) is 3. The Labute approximate surface area is 107 Å². The van der Waals surface area contributed by atoms with Gasteiger partial charge in [0.15, 0.2) is 6.29 Å². The van der Waals surface area contributed by atoms with Gasteiger partial charge in [0.05, 0.1) is 16.8 Å². The van der Waals surface area contributed by atoms with Crippen LogP contribution in [0.5, 0.6) is 0 Å². The summed E-state index contributed by atoms with van der Waals surface area (Å²) in [5.74, 6) is 0.454. The Hall–Kier alpha value is -1.53. The monoisotopic (exact) mass is 268 g/mol. The van der Waals surface area contributed by atoms with E-state index in [0.717, 1.165) is 12.1 Å². The number of thiazole rings is 1. The first kappa shape index (κ1) is 11.9. The number of carbonyl (C=O) groups is 1. The van der Waals surface area contributed by atoms with E-state index in [-0.39, 0.29) is 10.7 Å². The highest BCUT2D eigenvalue weighted by molar-refractivity contribution is 7.07. The van der Waals surface area contributed by atoms with Crippen LogP contribution < -0.4 is 5.32 Å². The molecule has 0 atom stereocenters. The van der Waals surface area contributed by atoms with Crippen LogP contribution in [0.25, 0.3) is 0 Å². The van der Waals surface area contributed by atoms with Crippen molar-refractivity contribution in [3.05, 3.63) is 33.6 Å². The maximum Gasteiger partial charge on any atom is 0.156 e. The fourth-order valence-corrected chi connectivity index (χ4v) is 2.06. The first-order valence-corrected chi connectivity index (χ1v) is 6.20. The highest BCUT2D eigenvalue weighted by Gasteiger charge is 2.08. The van der Waals surface area contributed by atoms with Crippen molar-refractivity contribution in [3.8, 4) is 0 Å². The quantitative estimate of drug-likeness (QED) is 0.664. The van der Waals surface area contributed by atoms with E-state index in [1.807, 2.05) is 5.38 Å². The lowest BCUT2D eigenvalue weighted by Crippen LogP contribution is -2.09. The second kappa shape index (κ2) is 5.70. The van der Waals surface area contributed by atoms with Crippen molar-refractivity contribution < 1.29 is 4.79 Å². The highest BCUT2D eigenvalue weighted by Crippen LogP contribution is 2.17. The number of rotatable bonds is 5. The van der Waals surface area contributed by atoms with Gasteiger partial charge in [-0.1, -0.05) is 11.6 Å².